The van der Waals surface area contributed by atoms with Gasteiger partial charge in [-0.1, -0.05) is 0 Å². The largest absolute Gasteiger partial charge is 0.339 e. The van der Waals surface area contributed by atoms with Gasteiger partial charge in [0.1, 0.15) is 11.6 Å². The van der Waals surface area contributed by atoms with Crippen LogP contribution < -0.4 is 11.1 Å². The smallest absolute Gasteiger partial charge is 0.265 e. The van der Waals surface area contributed by atoms with E-state index in [1.54, 1.807) is 6.07 Å². The van der Waals surface area contributed by atoms with E-state index in [4.69, 9.17) is 5.26 Å². The normalized spacial score (nSPS) is 10.1. The molecule has 1 aromatic carbocycles. The zero-order valence-electron chi connectivity index (χ0n) is 10.6. The average molecular weight is 305 g/mol. The van der Waals surface area contributed by atoms with Crippen molar-refractivity contribution in [3.63, 3.8) is 0 Å². The van der Waals surface area contributed by atoms with E-state index in [1.807, 2.05) is 0 Å². The predicted octanol–water partition coefficient (Wildman–Crippen LogP) is 0.400. The van der Waals surface area contributed by atoms with Crippen molar-refractivity contribution in [2.24, 2.45) is 7.05 Å². The number of nitrogens with zero attached hydrogens (tertiary/aromatic N) is 4. The fraction of sp³-hybridized carbons (Fsp3) is 0.0909. The zero-order chi connectivity index (χ0) is 15.6. The Balaban J connectivity index is 2.46. The van der Waals surface area contributed by atoms with Crippen molar-refractivity contribution in [3.05, 3.63) is 54.6 Å². The number of H-pyrrole nitrogens is 1. The molecule has 0 atom stereocenters. The summed E-state index contributed by atoms with van der Waals surface area (Å²) in [5, 5.41) is 22.1. The van der Waals surface area contributed by atoms with Crippen LogP contribution in [0.2, 0.25) is 0 Å². The molecular weight excluding hydrogens is 298 g/mol. The van der Waals surface area contributed by atoms with Crippen LogP contribution in [-0.4, -0.2) is 19.7 Å². The summed E-state index contributed by atoms with van der Waals surface area (Å²) in [7, 11) is 1.48. The van der Waals surface area contributed by atoms with Crippen LogP contribution in [0.3, 0.4) is 0 Å². The van der Waals surface area contributed by atoms with Gasteiger partial charge >= 0.3 is 11.1 Å². The summed E-state index contributed by atoms with van der Waals surface area (Å²) in [4.78, 5) is 36.5. The number of nitro benzene ring substituents is 1. The minimum atomic E-state index is -0.946. The maximum absolute atomic E-state index is 11.2. The molecule has 0 bridgehead atoms. The van der Waals surface area contributed by atoms with E-state index in [2.05, 4.69) is 10.1 Å². The summed E-state index contributed by atoms with van der Waals surface area (Å²) >= 11 is 0.956. The highest BCUT2D eigenvalue weighted by Gasteiger charge is 2.15. The number of aromatic amines is 1. The Labute approximate surface area is 121 Å². The second-order valence-corrected chi connectivity index (χ2v) is 4.89. The third-order valence-corrected chi connectivity index (χ3v) is 3.48. The first-order chi connectivity index (χ1) is 9.92. The first-order valence-electron chi connectivity index (χ1n) is 5.46. The van der Waals surface area contributed by atoms with Crippen molar-refractivity contribution in [2.45, 2.75) is 10.1 Å². The Morgan fingerprint density at radius 3 is 2.81 bits per heavy atom. The van der Waals surface area contributed by atoms with Crippen molar-refractivity contribution in [1.82, 2.24) is 14.8 Å². The van der Waals surface area contributed by atoms with Crippen molar-refractivity contribution in [3.8, 4) is 6.07 Å². The highest BCUT2D eigenvalue weighted by molar-refractivity contribution is 7.99. The molecule has 1 heterocycles. The molecule has 0 saturated carbocycles. The number of nitro groups is 1. The van der Waals surface area contributed by atoms with E-state index >= 15 is 0 Å². The molecule has 0 radical (unpaired) electrons. The molecule has 0 amide bonds. The third kappa shape index (κ3) is 2.98. The van der Waals surface area contributed by atoms with Gasteiger partial charge in [-0.25, -0.2) is 0 Å². The molecule has 10 heteroatoms. The lowest BCUT2D eigenvalue weighted by Gasteiger charge is -2.05. The van der Waals surface area contributed by atoms with E-state index in [-0.39, 0.29) is 16.4 Å². The van der Waals surface area contributed by atoms with E-state index in [0.29, 0.717) is 4.90 Å². The van der Waals surface area contributed by atoms with Gasteiger partial charge in [-0.05, 0) is 23.9 Å². The molecule has 0 fully saturated rings. The van der Waals surface area contributed by atoms with Crippen molar-refractivity contribution in [1.29, 1.82) is 5.26 Å². The Kier molecular flexibility index (Phi) is 3.86. The lowest BCUT2D eigenvalue weighted by atomic mass is 10.2. The Hall–Kier alpha value is -2.93. The highest BCUT2D eigenvalue weighted by Crippen LogP contribution is 2.29. The van der Waals surface area contributed by atoms with Crippen molar-refractivity contribution in [2.75, 3.05) is 0 Å². The van der Waals surface area contributed by atoms with E-state index < -0.39 is 16.0 Å². The van der Waals surface area contributed by atoms with Crippen LogP contribution in [0.4, 0.5) is 5.69 Å². The number of nitriles is 1. The first-order valence-corrected chi connectivity index (χ1v) is 6.28. The van der Waals surface area contributed by atoms with E-state index in [9.17, 15) is 19.7 Å². The molecule has 1 N–H and O–H groups in total. The van der Waals surface area contributed by atoms with Gasteiger partial charge in [0.2, 0.25) is 0 Å². The van der Waals surface area contributed by atoms with Crippen LogP contribution in [0.1, 0.15) is 5.56 Å². The highest BCUT2D eigenvalue weighted by atomic mass is 32.2. The molecular formula is C11H7N5O4S. The van der Waals surface area contributed by atoms with Crippen molar-refractivity contribution >= 4 is 17.4 Å². The molecule has 0 aliphatic carbocycles. The number of aromatic nitrogens is 3. The van der Waals surface area contributed by atoms with Gasteiger partial charge in [-0.3, -0.25) is 29.5 Å². The summed E-state index contributed by atoms with van der Waals surface area (Å²) in [6, 6.07) is 5.74. The van der Waals surface area contributed by atoms with Crippen LogP contribution in [0.5, 0.6) is 0 Å². The van der Waals surface area contributed by atoms with Crippen LogP contribution in [-0.2, 0) is 7.05 Å². The van der Waals surface area contributed by atoms with E-state index in [1.165, 1.54) is 29.9 Å². The summed E-state index contributed by atoms with van der Waals surface area (Å²) in [6.45, 7) is 0. The molecule has 0 saturated heterocycles. The number of aryl methyl sites for hydroxylation is 1. The minimum absolute atomic E-state index is 0.0623. The van der Waals surface area contributed by atoms with Crippen LogP contribution >= 0.6 is 11.8 Å². The number of nitrogens with one attached hydrogen (secondary N) is 1. The third-order valence-electron chi connectivity index (χ3n) is 2.44. The fourth-order valence-corrected chi connectivity index (χ4v) is 2.31. The number of benzene rings is 1. The van der Waals surface area contributed by atoms with Gasteiger partial charge in [-0.2, -0.15) is 10.2 Å². The summed E-state index contributed by atoms with van der Waals surface area (Å²) in [5.74, 6) is 0. The molecule has 1 aromatic heterocycles. The fourth-order valence-electron chi connectivity index (χ4n) is 1.48. The number of hydrogen-bond acceptors (Lipinski definition) is 7. The topological polar surface area (TPSA) is 135 Å². The predicted molar refractivity (Wildman–Crippen MR) is 72.0 cm³/mol. The SMILES string of the molecule is Cn1[nH]c(=O)c(=O)nc1Sc1ccc(C#N)c([N+](=O)[O-])c1. The van der Waals surface area contributed by atoms with Gasteiger partial charge in [0, 0.05) is 18.0 Å². The molecule has 0 aliphatic heterocycles. The summed E-state index contributed by atoms with van der Waals surface area (Å²) in [5.41, 5.74) is -2.20. The first kappa shape index (κ1) is 14.5. The molecule has 2 aromatic rings. The van der Waals surface area contributed by atoms with Crippen LogP contribution in [0.15, 0.2) is 37.8 Å². The van der Waals surface area contributed by atoms with Crippen LogP contribution in [0.25, 0.3) is 0 Å². The van der Waals surface area contributed by atoms with Gasteiger partial charge in [0.15, 0.2) is 5.16 Å². The second kappa shape index (κ2) is 5.59. The molecule has 0 aliphatic rings. The number of rotatable bonds is 3. The zero-order valence-corrected chi connectivity index (χ0v) is 11.4. The van der Waals surface area contributed by atoms with Gasteiger partial charge in [-0.15, -0.1) is 0 Å². The van der Waals surface area contributed by atoms with Gasteiger partial charge < -0.3 is 0 Å². The molecule has 0 unspecified atom stereocenters. The lowest BCUT2D eigenvalue weighted by molar-refractivity contribution is -0.385. The monoisotopic (exact) mass is 305 g/mol. The average Bonchev–Trinajstić information content (AvgIpc) is 2.44. The van der Waals surface area contributed by atoms with Gasteiger partial charge in [0.05, 0.1) is 4.92 Å². The Morgan fingerprint density at radius 2 is 2.19 bits per heavy atom. The van der Waals surface area contributed by atoms with Gasteiger partial charge in [0.25, 0.3) is 5.69 Å². The Morgan fingerprint density at radius 1 is 1.48 bits per heavy atom. The minimum Gasteiger partial charge on any atom is -0.265 e. The molecule has 2 rings (SSSR count). The van der Waals surface area contributed by atoms with Crippen LogP contribution in [0, 0.1) is 21.4 Å². The number of hydrogen-bond donors (Lipinski definition) is 1. The summed E-state index contributed by atoms with van der Waals surface area (Å²) in [6.07, 6.45) is 0. The van der Waals surface area contributed by atoms with Crippen molar-refractivity contribution < 1.29 is 4.92 Å². The maximum Gasteiger partial charge on any atom is 0.339 e. The lowest BCUT2D eigenvalue weighted by Crippen LogP contribution is -2.33. The second-order valence-electron chi connectivity index (χ2n) is 3.85. The molecule has 21 heavy (non-hydrogen) atoms. The Bertz CT molecular complexity index is 879. The maximum atomic E-state index is 11.2. The summed E-state index contributed by atoms with van der Waals surface area (Å²) < 4.78 is 1.23. The molecule has 106 valence electrons. The quantitative estimate of drug-likeness (QED) is 0.492. The molecule has 0 spiro atoms. The van der Waals surface area contributed by atoms with E-state index in [0.717, 1.165) is 11.8 Å². The molecule has 9 nitrogen and oxygen atoms in total. The standard InChI is InChI=1S/C11H7N5O4S/c1-15-11(13-9(17)10(18)14-15)21-7-3-2-6(5-12)8(4-7)16(19)20/h2-4H,1H3,(H,14,18).